The van der Waals surface area contributed by atoms with Crippen LogP contribution in [0.3, 0.4) is 0 Å². The molecule has 25 heavy (non-hydrogen) atoms. The van der Waals surface area contributed by atoms with Crippen LogP contribution in [-0.4, -0.2) is 37.3 Å². The second kappa shape index (κ2) is 6.02. The topological polar surface area (TPSA) is 93.3 Å². The first-order valence-corrected chi connectivity index (χ1v) is 8.56. The van der Waals surface area contributed by atoms with E-state index in [-0.39, 0.29) is 35.8 Å². The number of likely N-dealkylation sites (tertiary alicyclic amines) is 1. The average Bonchev–Trinajstić information content (AvgIpc) is 3.20. The monoisotopic (exact) mass is 343 g/mol. The zero-order chi connectivity index (χ0) is 17.6. The van der Waals surface area contributed by atoms with Gasteiger partial charge in [-0.05, 0) is 26.2 Å². The van der Waals surface area contributed by atoms with Gasteiger partial charge in [-0.1, -0.05) is 0 Å². The van der Waals surface area contributed by atoms with E-state index < -0.39 is 0 Å². The van der Waals surface area contributed by atoms with Gasteiger partial charge < -0.3 is 13.9 Å². The largest absolute Gasteiger partial charge is 0.429 e. The van der Waals surface area contributed by atoms with Gasteiger partial charge >= 0.3 is 6.01 Å². The molecule has 132 valence electrons. The molecule has 1 saturated carbocycles. The molecule has 2 amide bonds. The molecule has 2 atom stereocenters. The molecule has 0 unspecified atom stereocenters. The number of imidazole rings is 1. The van der Waals surface area contributed by atoms with Crippen molar-refractivity contribution in [2.45, 2.75) is 44.7 Å². The normalized spacial score (nSPS) is 23.8. The minimum absolute atomic E-state index is 0.103. The number of piperidine rings is 1. The van der Waals surface area contributed by atoms with Crippen molar-refractivity contribution in [3.63, 3.8) is 0 Å². The Labute approximate surface area is 145 Å². The molecule has 8 heteroatoms. The van der Waals surface area contributed by atoms with Gasteiger partial charge in [0.05, 0.1) is 12.1 Å². The van der Waals surface area contributed by atoms with E-state index >= 15 is 0 Å². The van der Waals surface area contributed by atoms with Gasteiger partial charge in [-0.25, -0.2) is 9.97 Å². The fourth-order valence-corrected chi connectivity index (χ4v) is 3.55. The van der Waals surface area contributed by atoms with Crippen LogP contribution in [0.4, 0.5) is 6.01 Å². The van der Waals surface area contributed by atoms with E-state index in [0.29, 0.717) is 18.6 Å². The SMILES string of the molecule is Cc1cnc(NC(=O)[C@H]2CCC(=O)N(C3CC3)[C@@H]2c2nccn2C)o1. The van der Waals surface area contributed by atoms with Gasteiger partial charge in [0.15, 0.2) is 0 Å². The molecule has 1 saturated heterocycles. The molecule has 4 rings (SSSR count). The van der Waals surface area contributed by atoms with Gasteiger partial charge in [0, 0.05) is 31.9 Å². The Kier molecular flexibility index (Phi) is 3.82. The molecule has 1 aliphatic heterocycles. The number of aromatic nitrogens is 3. The van der Waals surface area contributed by atoms with Crippen molar-refractivity contribution in [1.29, 1.82) is 0 Å². The highest BCUT2D eigenvalue weighted by Gasteiger charge is 2.48. The number of oxazole rings is 1. The van der Waals surface area contributed by atoms with Gasteiger partial charge in [0.2, 0.25) is 11.8 Å². The molecular formula is C17H21N5O3. The third-order valence-electron chi connectivity index (χ3n) is 4.89. The van der Waals surface area contributed by atoms with Crippen LogP contribution in [0.25, 0.3) is 0 Å². The maximum atomic E-state index is 12.9. The summed E-state index contributed by atoms with van der Waals surface area (Å²) in [5.41, 5.74) is 0. The summed E-state index contributed by atoms with van der Waals surface area (Å²) in [5.74, 6) is 0.907. The number of rotatable bonds is 4. The maximum absolute atomic E-state index is 12.9. The van der Waals surface area contributed by atoms with Crippen LogP contribution >= 0.6 is 0 Å². The minimum atomic E-state index is -0.383. The van der Waals surface area contributed by atoms with E-state index in [1.807, 2.05) is 22.7 Å². The van der Waals surface area contributed by atoms with Crippen LogP contribution in [0.2, 0.25) is 0 Å². The minimum Gasteiger partial charge on any atom is -0.429 e. The highest BCUT2D eigenvalue weighted by atomic mass is 16.4. The van der Waals surface area contributed by atoms with Crippen LogP contribution in [-0.2, 0) is 16.6 Å². The Bertz CT molecular complexity index is 807. The zero-order valence-electron chi connectivity index (χ0n) is 14.3. The smallest absolute Gasteiger partial charge is 0.301 e. The highest BCUT2D eigenvalue weighted by Crippen LogP contribution is 2.43. The number of hydrogen-bond acceptors (Lipinski definition) is 5. The van der Waals surface area contributed by atoms with Crippen molar-refractivity contribution in [2.75, 3.05) is 5.32 Å². The summed E-state index contributed by atoms with van der Waals surface area (Å²) in [7, 11) is 1.89. The Morgan fingerprint density at radius 2 is 2.12 bits per heavy atom. The van der Waals surface area contributed by atoms with Crippen molar-refractivity contribution < 1.29 is 14.0 Å². The van der Waals surface area contributed by atoms with Crippen molar-refractivity contribution in [1.82, 2.24) is 19.4 Å². The number of nitrogens with zero attached hydrogens (tertiary/aromatic N) is 4. The Hall–Kier alpha value is -2.64. The fraction of sp³-hybridized carbons (Fsp3) is 0.529. The molecule has 2 fully saturated rings. The lowest BCUT2D eigenvalue weighted by Gasteiger charge is -2.40. The van der Waals surface area contributed by atoms with Gasteiger partial charge in [-0.3, -0.25) is 14.9 Å². The van der Waals surface area contributed by atoms with Crippen LogP contribution < -0.4 is 5.32 Å². The third-order valence-corrected chi connectivity index (χ3v) is 4.89. The van der Waals surface area contributed by atoms with Gasteiger partial charge in [0.25, 0.3) is 0 Å². The summed E-state index contributed by atoms with van der Waals surface area (Å²) >= 11 is 0. The lowest BCUT2D eigenvalue weighted by Crippen LogP contribution is -2.48. The molecule has 2 aliphatic rings. The first-order chi connectivity index (χ1) is 12.0. The molecule has 2 aromatic rings. The summed E-state index contributed by atoms with van der Waals surface area (Å²) in [6.45, 7) is 1.77. The first kappa shape index (κ1) is 15.9. The second-order valence-corrected chi connectivity index (χ2v) is 6.78. The molecule has 0 bridgehead atoms. The predicted molar refractivity (Wildman–Crippen MR) is 88.4 cm³/mol. The Morgan fingerprint density at radius 3 is 2.72 bits per heavy atom. The lowest BCUT2D eigenvalue weighted by atomic mass is 9.87. The first-order valence-electron chi connectivity index (χ1n) is 8.56. The van der Waals surface area contributed by atoms with Gasteiger partial charge in [0.1, 0.15) is 17.6 Å². The van der Waals surface area contributed by atoms with Crippen LogP contribution in [0, 0.1) is 12.8 Å². The van der Waals surface area contributed by atoms with E-state index in [1.54, 1.807) is 19.3 Å². The molecule has 0 aromatic carbocycles. The Morgan fingerprint density at radius 1 is 1.32 bits per heavy atom. The zero-order valence-corrected chi connectivity index (χ0v) is 14.3. The number of carbonyl (C=O) groups is 2. The number of carbonyl (C=O) groups excluding carboxylic acids is 2. The van der Waals surface area contributed by atoms with Crippen LogP contribution in [0.5, 0.6) is 0 Å². The summed E-state index contributed by atoms with van der Waals surface area (Å²) in [6, 6.07) is 0.0505. The number of hydrogen-bond donors (Lipinski definition) is 1. The molecule has 1 N–H and O–H groups in total. The van der Waals surface area contributed by atoms with E-state index in [4.69, 9.17) is 4.42 Å². The summed E-state index contributed by atoms with van der Waals surface area (Å²) < 4.78 is 7.24. The number of aryl methyl sites for hydroxylation is 2. The quantitative estimate of drug-likeness (QED) is 0.913. The molecular weight excluding hydrogens is 322 g/mol. The molecule has 1 aliphatic carbocycles. The molecule has 2 aromatic heterocycles. The van der Waals surface area contributed by atoms with E-state index in [9.17, 15) is 9.59 Å². The van der Waals surface area contributed by atoms with Crippen molar-refractivity contribution >= 4 is 17.8 Å². The fourth-order valence-electron chi connectivity index (χ4n) is 3.55. The number of amides is 2. The predicted octanol–water partition coefficient (Wildman–Crippen LogP) is 1.80. The highest BCUT2D eigenvalue weighted by molar-refractivity contribution is 5.93. The van der Waals surface area contributed by atoms with Gasteiger partial charge in [-0.2, -0.15) is 0 Å². The van der Waals surface area contributed by atoms with Crippen molar-refractivity contribution in [2.24, 2.45) is 13.0 Å². The van der Waals surface area contributed by atoms with E-state index in [0.717, 1.165) is 18.7 Å². The molecule has 0 spiro atoms. The molecule has 3 heterocycles. The molecule has 0 radical (unpaired) electrons. The summed E-state index contributed by atoms with van der Waals surface area (Å²) in [4.78, 5) is 35.8. The average molecular weight is 343 g/mol. The van der Waals surface area contributed by atoms with Gasteiger partial charge in [-0.15, -0.1) is 0 Å². The second-order valence-electron chi connectivity index (χ2n) is 6.78. The number of nitrogens with one attached hydrogen (secondary N) is 1. The van der Waals surface area contributed by atoms with Crippen molar-refractivity contribution in [3.05, 3.63) is 30.2 Å². The van der Waals surface area contributed by atoms with Crippen molar-refractivity contribution in [3.8, 4) is 0 Å². The summed E-state index contributed by atoms with van der Waals surface area (Å²) in [6.07, 6.45) is 7.94. The number of anilines is 1. The Balaban J connectivity index is 1.65. The maximum Gasteiger partial charge on any atom is 0.301 e. The molecule has 8 nitrogen and oxygen atoms in total. The van der Waals surface area contributed by atoms with E-state index in [1.165, 1.54) is 0 Å². The summed E-state index contributed by atoms with van der Waals surface area (Å²) in [5, 5.41) is 2.75. The lowest BCUT2D eigenvalue weighted by molar-refractivity contribution is -0.143. The third kappa shape index (κ3) is 2.92. The van der Waals surface area contributed by atoms with E-state index in [2.05, 4.69) is 15.3 Å². The standard InChI is InChI=1S/C17H21N5O3/c1-10-9-19-17(25-10)20-16(24)12-5-6-13(23)22(11-3-4-11)14(12)15-18-7-8-21(15)2/h7-9,11-12,14H,3-6H2,1-2H3,(H,19,20,24)/t12-,14-/m0/s1. The van der Waals surface area contributed by atoms with Crippen LogP contribution in [0.1, 0.15) is 43.3 Å². The van der Waals surface area contributed by atoms with Crippen LogP contribution in [0.15, 0.2) is 23.0 Å².